The van der Waals surface area contributed by atoms with Crippen LogP contribution in [0, 0.1) is 34.0 Å². The van der Waals surface area contributed by atoms with Crippen molar-refractivity contribution in [3.05, 3.63) is 35.4 Å². The summed E-state index contributed by atoms with van der Waals surface area (Å²) in [7, 11) is 0. The molecule has 1 aromatic rings. The molecule has 0 bridgehead atoms. The summed E-state index contributed by atoms with van der Waals surface area (Å²) in [6, 6.07) is 12.9. The number of rotatable bonds is 2. The van der Waals surface area contributed by atoms with Gasteiger partial charge in [0.2, 0.25) is 0 Å². The largest absolute Gasteiger partial charge is 0.198 e. The molecule has 72 valence electrons. The van der Waals surface area contributed by atoms with Crippen molar-refractivity contribution >= 4 is 0 Å². The SMILES string of the molecule is CC(C#N)(CC#N)c1ccc(C#N)cc1. The number of benzene rings is 1. The molecule has 0 radical (unpaired) electrons. The van der Waals surface area contributed by atoms with Crippen LogP contribution in [0.3, 0.4) is 0 Å². The normalized spacial score (nSPS) is 12.9. The molecular formula is C12H9N3. The third-order valence-corrected chi connectivity index (χ3v) is 2.33. The van der Waals surface area contributed by atoms with Gasteiger partial charge in [0.05, 0.1) is 35.6 Å². The maximum absolute atomic E-state index is 9.03. The molecule has 0 fully saturated rings. The van der Waals surface area contributed by atoms with Crippen LogP contribution in [0.25, 0.3) is 0 Å². The lowest BCUT2D eigenvalue weighted by molar-refractivity contribution is 0.628. The Balaban J connectivity index is 3.12. The van der Waals surface area contributed by atoms with Gasteiger partial charge in [-0.15, -0.1) is 0 Å². The molecular weight excluding hydrogens is 186 g/mol. The summed E-state index contributed by atoms with van der Waals surface area (Å²) in [4.78, 5) is 0. The van der Waals surface area contributed by atoms with Crippen LogP contribution in [-0.2, 0) is 5.41 Å². The molecule has 0 amide bonds. The summed E-state index contributed by atoms with van der Waals surface area (Å²) in [6.45, 7) is 1.72. The van der Waals surface area contributed by atoms with Gasteiger partial charge in [-0.2, -0.15) is 15.8 Å². The first-order valence-corrected chi connectivity index (χ1v) is 4.45. The van der Waals surface area contributed by atoms with Crippen molar-refractivity contribution in [2.45, 2.75) is 18.8 Å². The highest BCUT2D eigenvalue weighted by Gasteiger charge is 2.25. The molecule has 0 aromatic heterocycles. The molecule has 0 saturated heterocycles. The van der Waals surface area contributed by atoms with Crippen molar-refractivity contribution in [2.75, 3.05) is 0 Å². The number of hydrogen-bond donors (Lipinski definition) is 0. The maximum Gasteiger partial charge on any atom is 0.0991 e. The smallest absolute Gasteiger partial charge is 0.0991 e. The molecule has 3 heteroatoms. The Morgan fingerprint density at radius 2 is 1.73 bits per heavy atom. The van der Waals surface area contributed by atoms with E-state index in [1.54, 1.807) is 31.2 Å². The first kappa shape index (κ1) is 10.8. The van der Waals surface area contributed by atoms with Crippen LogP contribution in [0.15, 0.2) is 24.3 Å². The average molecular weight is 195 g/mol. The second kappa shape index (κ2) is 4.27. The van der Waals surface area contributed by atoms with Gasteiger partial charge in [0, 0.05) is 0 Å². The minimum Gasteiger partial charge on any atom is -0.198 e. The minimum absolute atomic E-state index is 0.148. The van der Waals surface area contributed by atoms with Gasteiger partial charge in [-0.3, -0.25) is 0 Å². The van der Waals surface area contributed by atoms with Gasteiger partial charge in [-0.25, -0.2) is 0 Å². The molecule has 0 aliphatic carbocycles. The molecule has 0 N–H and O–H groups in total. The van der Waals surface area contributed by atoms with Crippen LogP contribution in [0.2, 0.25) is 0 Å². The van der Waals surface area contributed by atoms with Gasteiger partial charge in [0.15, 0.2) is 0 Å². The summed E-state index contributed by atoms with van der Waals surface area (Å²) in [5, 5.41) is 26.3. The fourth-order valence-electron chi connectivity index (χ4n) is 1.28. The monoisotopic (exact) mass is 195 g/mol. The Morgan fingerprint density at radius 3 is 2.13 bits per heavy atom. The fraction of sp³-hybridized carbons (Fsp3) is 0.250. The lowest BCUT2D eigenvalue weighted by Crippen LogP contribution is -2.18. The first-order valence-electron chi connectivity index (χ1n) is 4.45. The summed E-state index contributed by atoms with van der Waals surface area (Å²) < 4.78 is 0. The Bertz CT molecular complexity index is 468. The second-order valence-electron chi connectivity index (χ2n) is 3.47. The lowest BCUT2D eigenvalue weighted by Gasteiger charge is -2.18. The van der Waals surface area contributed by atoms with E-state index in [1.807, 2.05) is 12.1 Å². The average Bonchev–Trinajstić information content (AvgIpc) is 2.29. The highest BCUT2D eigenvalue weighted by Crippen LogP contribution is 2.26. The van der Waals surface area contributed by atoms with Gasteiger partial charge in [0.25, 0.3) is 0 Å². The second-order valence-corrected chi connectivity index (χ2v) is 3.47. The summed E-state index contributed by atoms with van der Waals surface area (Å²) in [5.74, 6) is 0. The van der Waals surface area contributed by atoms with Crippen molar-refractivity contribution < 1.29 is 0 Å². The van der Waals surface area contributed by atoms with E-state index < -0.39 is 5.41 Å². The number of hydrogen-bond acceptors (Lipinski definition) is 3. The van der Waals surface area contributed by atoms with E-state index in [4.69, 9.17) is 15.8 Å². The van der Waals surface area contributed by atoms with Crippen molar-refractivity contribution in [2.24, 2.45) is 0 Å². The molecule has 1 aromatic carbocycles. The molecule has 0 saturated carbocycles. The maximum atomic E-state index is 9.03. The Labute approximate surface area is 88.8 Å². The van der Waals surface area contributed by atoms with E-state index in [0.717, 1.165) is 5.56 Å². The quantitative estimate of drug-likeness (QED) is 0.726. The van der Waals surface area contributed by atoms with Crippen LogP contribution < -0.4 is 0 Å². The van der Waals surface area contributed by atoms with E-state index in [-0.39, 0.29) is 6.42 Å². The molecule has 15 heavy (non-hydrogen) atoms. The molecule has 1 atom stereocenters. The Kier molecular flexibility index (Phi) is 3.06. The topological polar surface area (TPSA) is 71.4 Å². The van der Waals surface area contributed by atoms with Gasteiger partial charge in [-0.1, -0.05) is 12.1 Å². The summed E-state index contributed by atoms with van der Waals surface area (Å²) >= 11 is 0. The standard InChI is InChI=1S/C12H9N3/c1-12(9-15,6-7-13)11-4-2-10(8-14)3-5-11/h2-5H,6H2,1H3. The van der Waals surface area contributed by atoms with Crippen molar-refractivity contribution in [3.63, 3.8) is 0 Å². The van der Waals surface area contributed by atoms with Crippen LogP contribution in [0.5, 0.6) is 0 Å². The van der Waals surface area contributed by atoms with Gasteiger partial charge < -0.3 is 0 Å². The Morgan fingerprint density at radius 1 is 1.13 bits per heavy atom. The van der Waals surface area contributed by atoms with Gasteiger partial charge in [-0.05, 0) is 24.6 Å². The van der Waals surface area contributed by atoms with E-state index in [9.17, 15) is 0 Å². The molecule has 0 aliphatic heterocycles. The van der Waals surface area contributed by atoms with Crippen LogP contribution in [-0.4, -0.2) is 0 Å². The molecule has 0 spiro atoms. The Hall–Kier alpha value is -2.31. The van der Waals surface area contributed by atoms with Gasteiger partial charge >= 0.3 is 0 Å². The minimum atomic E-state index is -0.789. The van der Waals surface area contributed by atoms with Crippen LogP contribution in [0.4, 0.5) is 0 Å². The zero-order chi connectivity index (χ0) is 11.3. The molecule has 1 unspecified atom stereocenters. The third-order valence-electron chi connectivity index (χ3n) is 2.33. The van der Waals surface area contributed by atoms with E-state index in [2.05, 4.69) is 6.07 Å². The lowest BCUT2D eigenvalue weighted by atomic mass is 9.81. The zero-order valence-electron chi connectivity index (χ0n) is 8.36. The summed E-state index contributed by atoms with van der Waals surface area (Å²) in [5.41, 5.74) is 0.532. The molecule has 0 heterocycles. The van der Waals surface area contributed by atoms with Crippen molar-refractivity contribution in [1.29, 1.82) is 15.8 Å². The van der Waals surface area contributed by atoms with E-state index >= 15 is 0 Å². The highest BCUT2D eigenvalue weighted by atomic mass is 14.4. The van der Waals surface area contributed by atoms with E-state index in [0.29, 0.717) is 5.56 Å². The first-order chi connectivity index (χ1) is 7.16. The van der Waals surface area contributed by atoms with Crippen LogP contribution in [0.1, 0.15) is 24.5 Å². The molecule has 0 aliphatic rings. The highest BCUT2D eigenvalue weighted by molar-refractivity contribution is 5.38. The zero-order valence-corrected chi connectivity index (χ0v) is 8.36. The molecule has 1 rings (SSSR count). The van der Waals surface area contributed by atoms with E-state index in [1.165, 1.54) is 0 Å². The number of nitriles is 3. The molecule has 3 nitrogen and oxygen atoms in total. The van der Waals surface area contributed by atoms with Gasteiger partial charge in [0.1, 0.15) is 0 Å². The predicted octanol–water partition coefficient (Wildman–Crippen LogP) is 2.25. The summed E-state index contributed by atoms with van der Waals surface area (Å²) in [6.07, 6.45) is 0.148. The van der Waals surface area contributed by atoms with Crippen molar-refractivity contribution in [3.8, 4) is 18.2 Å². The van der Waals surface area contributed by atoms with Crippen LogP contribution >= 0.6 is 0 Å². The third kappa shape index (κ3) is 2.13. The number of nitrogens with zero attached hydrogens (tertiary/aromatic N) is 3. The van der Waals surface area contributed by atoms with Crippen molar-refractivity contribution in [1.82, 2.24) is 0 Å². The predicted molar refractivity (Wildman–Crippen MR) is 54.4 cm³/mol. The fourth-order valence-corrected chi connectivity index (χ4v) is 1.28.